The number of rotatable bonds is 2. The van der Waals surface area contributed by atoms with Crippen LogP contribution in [0.3, 0.4) is 0 Å². The van der Waals surface area contributed by atoms with E-state index in [-0.39, 0.29) is 55.0 Å². The second kappa shape index (κ2) is 15.1. The molecule has 1 aliphatic heterocycles. The van der Waals surface area contributed by atoms with Gasteiger partial charge in [-0.15, -0.1) is 0 Å². The number of Topliss-reactive ketones (excluding diaryl/α,β-unsaturated/α-hetero) is 1. The third-order valence-electron chi connectivity index (χ3n) is 3.01. The van der Waals surface area contributed by atoms with Crippen molar-refractivity contribution >= 4 is 95.1 Å². The van der Waals surface area contributed by atoms with Crippen LogP contribution in [-0.2, 0) is 21.5 Å². The predicted molar refractivity (Wildman–Crippen MR) is 106 cm³/mol. The van der Waals surface area contributed by atoms with Crippen molar-refractivity contribution in [2.75, 3.05) is 0 Å². The summed E-state index contributed by atoms with van der Waals surface area (Å²) in [5.41, 5.74) is 2.84. The van der Waals surface area contributed by atoms with Crippen molar-refractivity contribution in [1.29, 1.82) is 0 Å². The molecule has 0 saturated heterocycles. The summed E-state index contributed by atoms with van der Waals surface area (Å²) in [6, 6.07) is 3.10. The number of alkyl halides is 1. The molecule has 28 heavy (non-hydrogen) atoms. The van der Waals surface area contributed by atoms with Crippen molar-refractivity contribution in [3.63, 3.8) is 0 Å². The number of hydrogen-bond donors (Lipinski definition) is 1. The number of aliphatic hydroxyl groups excluding tert-OH is 1. The van der Waals surface area contributed by atoms with Crippen LogP contribution in [0.15, 0.2) is 24.5 Å². The quantitative estimate of drug-likeness (QED) is 0.159. The number of cyclic esters (lactones) is 1. The van der Waals surface area contributed by atoms with E-state index in [2.05, 4.69) is 25.9 Å². The number of carbonyl (C=O) groups excluding carboxylic acids is 2. The zero-order valence-electron chi connectivity index (χ0n) is 14.5. The minimum absolute atomic E-state index is 0. The zero-order valence-corrected chi connectivity index (χ0v) is 19.8. The maximum absolute atomic E-state index is 11.1. The second-order valence-electron chi connectivity index (χ2n) is 4.69. The zero-order chi connectivity index (χ0) is 19.7. The molecule has 0 fully saturated rings. The Labute approximate surface area is 209 Å². The molecule has 2 N–H and O–H groups in total. The van der Waals surface area contributed by atoms with E-state index in [0.29, 0.717) is 39.8 Å². The van der Waals surface area contributed by atoms with Crippen LogP contribution in [0.4, 0.5) is 0 Å². The second-order valence-corrected chi connectivity index (χ2v) is 6.02. The van der Waals surface area contributed by atoms with Crippen LogP contribution in [-0.4, -0.2) is 76.5 Å². The molecule has 8 nitrogen and oxygen atoms in total. The van der Waals surface area contributed by atoms with E-state index in [1.165, 1.54) is 13.0 Å². The number of esters is 1. The standard InChI is InChI=1S/C8H7BrClNO.C7H4ClNO2.CHO2.Ca.H2O/c1-5(12)7-2-8(10)11-4-6(7)3-9;8-6-1-5-4(2-9-6)3-11-7(5)10;2-1-3;;/h2,4H,3H2,1H3;1-2H,3H2;(H,2,3);;1H2/q;;-1;+2;/p-1. The fraction of sp³-hybridized carbons (Fsp3) is 0.188. The number of aromatic nitrogens is 2. The molecule has 0 radical (unpaired) electrons. The molecule has 2 aromatic rings. The minimum Gasteiger partial charge on any atom is -0.870 e. The van der Waals surface area contributed by atoms with E-state index in [4.69, 9.17) is 37.8 Å². The summed E-state index contributed by atoms with van der Waals surface area (Å²) in [7, 11) is 0. The normalized spacial score (nSPS) is 10.4. The van der Waals surface area contributed by atoms with Gasteiger partial charge in [0.25, 0.3) is 0 Å². The molecular weight excluding hydrogens is 507 g/mol. The molecule has 0 saturated carbocycles. The van der Waals surface area contributed by atoms with Gasteiger partial charge < -0.3 is 20.1 Å². The molecule has 0 amide bonds. The van der Waals surface area contributed by atoms with E-state index < -0.39 is 0 Å². The minimum atomic E-state index is -0.315. The van der Waals surface area contributed by atoms with Gasteiger partial charge in [-0.05, 0) is 24.6 Å². The van der Waals surface area contributed by atoms with Gasteiger partial charge in [0, 0.05) is 28.9 Å². The Balaban J connectivity index is 0. The maximum Gasteiger partial charge on any atom is 2.00 e. The summed E-state index contributed by atoms with van der Waals surface area (Å²) in [5, 5.41) is 8.05. The largest absolute Gasteiger partial charge is 2.00 e. The average molecular weight is 520 g/mol. The number of carbonyl (C=O) groups is 2. The molecule has 0 atom stereocenters. The van der Waals surface area contributed by atoms with E-state index in [0.717, 1.165) is 11.1 Å². The van der Waals surface area contributed by atoms with Crippen LogP contribution in [0, 0.1) is 0 Å². The van der Waals surface area contributed by atoms with Crippen molar-refractivity contribution in [2.45, 2.75) is 18.9 Å². The van der Waals surface area contributed by atoms with E-state index in [1.54, 1.807) is 18.5 Å². The Bertz CT molecular complexity index is 826. The number of ether oxygens (including phenoxy) is 1. The number of fused-ring (bicyclic) bond motifs is 1. The van der Waals surface area contributed by atoms with Gasteiger partial charge in [-0.25, -0.2) is 14.8 Å². The van der Waals surface area contributed by atoms with Crippen LogP contribution in [0.2, 0.25) is 10.3 Å². The Morgan fingerprint density at radius 3 is 2.36 bits per heavy atom. The van der Waals surface area contributed by atoms with Crippen LogP contribution in [0.5, 0.6) is 0 Å². The number of pyridine rings is 2. The van der Waals surface area contributed by atoms with Crippen LogP contribution in [0.1, 0.15) is 38.8 Å². The predicted octanol–water partition coefficient (Wildman–Crippen LogP) is 3.29. The first kappa shape index (κ1) is 29.4. The Morgan fingerprint density at radius 2 is 1.82 bits per heavy atom. The van der Waals surface area contributed by atoms with Crippen LogP contribution in [0.25, 0.3) is 0 Å². The molecule has 0 aliphatic carbocycles. The van der Waals surface area contributed by atoms with Gasteiger partial charge in [-0.1, -0.05) is 45.6 Å². The van der Waals surface area contributed by atoms with E-state index >= 15 is 0 Å². The molecule has 12 heteroatoms. The molecular formula is C16H13BrCaCl2N2O6. The number of halogens is 3. The van der Waals surface area contributed by atoms with Gasteiger partial charge in [0.2, 0.25) is 0 Å². The first-order valence-electron chi connectivity index (χ1n) is 6.88. The van der Waals surface area contributed by atoms with Crippen molar-refractivity contribution in [3.8, 4) is 0 Å². The van der Waals surface area contributed by atoms with Gasteiger partial charge in [0.15, 0.2) is 5.78 Å². The van der Waals surface area contributed by atoms with Crippen LogP contribution >= 0.6 is 39.1 Å². The molecule has 3 rings (SSSR count). The molecule has 0 spiro atoms. The first-order chi connectivity index (χ1) is 12.3. The molecule has 3 heterocycles. The Kier molecular flexibility index (Phi) is 15.8. The topological polar surface area (TPSA) is 136 Å². The molecule has 1 aliphatic rings. The summed E-state index contributed by atoms with van der Waals surface area (Å²) in [6.07, 6.45) is 3.16. The third-order valence-corrected chi connectivity index (χ3v) is 4.03. The van der Waals surface area contributed by atoms with E-state index in [9.17, 15) is 9.59 Å². The first-order valence-corrected chi connectivity index (χ1v) is 8.75. The third kappa shape index (κ3) is 9.13. The van der Waals surface area contributed by atoms with Crippen molar-refractivity contribution in [1.82, 2.24) is 9.97 Å². The summed E-state index contributed by atoms with van der Waals surface area (Å²) in [5.74, 6) is -0.307. The summed E-state index contributed by atoms with van der Waals surface area (Å²) >= 11 is 14.5. The molecule has 0 aromatic carbocycles. The van der Waals surface area contributed by atoms with Crippen molar-refractivity contribution in [3.05, 3.63) is 57.1 Å². The summed E-state index contributed by atoms with van der Waals surface area (Å²) in [4.78, 5) is 37.9. The maximum atomic E-state index is 11.1. The van der Waals surface area contributed by atoms with Crippen LogP contribution < -0.4 is 0 Å². The molecule has 0 bridgehead atoms. The van der Waals surface area contributed by atoms with Crippen molar-refractivity contribution < 1.29 is 29.7 Å². The van der Waals surface area contributed by atoms with Gasteiger partial charge >= 0.3 is 43.7 Å². The smallest absolute Gasteiger partial charge is 0.870 e. The fourth-order valence-electron chi connectivity index (χ4n) is 1.88. The van der Waals surface area contributed by atoms with Crippen molar-refractivity contribution in [2.24, 2.45) is 0 Å². The number of ketones is 1. The molecule has 146 valence electrons. The van der Waals surface area contributed by atoms with Gasteiger partial charge in [-0.3, -0.25) is 4.79 Å². The Morgan fingerprint density at radius 1 is 1.29 bits per heavy atom. The SMILES string of the molecule is CC(=O)c1cc(Cl)ncc1CBr.O=C1OCc2cnc(Cl)cc21.O=[C-]O.[Ca+2].[OH-]. The average Bonchev–Trinajstić information content (AvgIpc) is 2.96. The monoisotopic (exact) mass is 518 g/mol. The summed E-state index contributed by atoms with van der Waals surface area (Å²) < 4.78 is 4.74. The summed E-state index contributed by atoms with van der Waals surface area (Å²) in [6.45, 7) is 2.33. The molecule has 0 unspecified atom stereocenters. The van der Waals surface area contributed by atoms with Gasteiger partial charge in [0.1, 0.15) is 16.9 Å². The van der Waals surface area contributed by atoms with Gasteiger partial charge in [-0.2, -0.15) is 0 Å². The van der Waals surface area contributed by atoms with E-state index in [1.807, 2.05) is 0 Å². The fourth-order valence-corrected chi connectivity index (χ4v) is 2.64. The van der Waals surface area contributed by atoms with Gasteiger partial charge in [0.05, 0.1) is 5.56 Å². The number of hydrogen-bond acceptors (Lipinski definition) is 7. The molecule has 2 aromatic heterocycles. The number of nitrogens with zero attached hydrogens (tertiary/aromatic N) is 2. The Hall–Kier alpha value is -0.810.